The molecule has 1 atom stereocenters. The van der Waals surface area contributed by atoms with E-state index in [0.29, 0.717) is 6.54 Å². The van der Waals surface area contributed by atoms with Crippen LogP contribution in [-0.2, 0) is 10.0 Å². The zero-order valence-electron chi connectivity index (χ0n) is 7.74. The van der Waals surface area contributed by atoms with Crippen LogP contribution in [0.5, 0.6) is 0 Å². The number of nitrogens with two attached hydrogens (primary N) is 1. The quantitative estimate of drug-likeness (QED) is 0.623. The minimum absolute atomic E-state index is 0.0489. The second-order valence-corrected chi connectivity index (χ2v) is 5.79. The van der Waals surface area contributed by atoms with Crippen molar-refractivity contribution in [2.45, 2.75) is 31.8 Å². The van der Waals surface area contributed by atoms with Gasteiger partial charge in [-0.3, -0.25) is 0 Å². The highest BCUT2D eigenvalue weighted by Gasteiger charge is 2.43. The van der Waals surface area contributed by atoms with Crippen LogP contribution >= 0.6 is 0 Å². The average molecular weight is 192 g/mol. The largest absolute Gasteiger partial charge is 0.326 e. The maximum absolute atomic E-state index is 11.3. The van der Waals surface area contributed by atoms with Crippen molar-refractivity contribution in [3.8, 4) is 0 Å². The average Bonchev–Trinajstić information content (AvgIpc) is 2.06. The molecule has 2 N–H and O–H groups in total. The molecule has 0 saturated carbocycles. The SMILES string of the molecule is CC1(C)C(N)CCN1S(C)(=O)=O. The van der Waals surface area contributed by atoms with E-state index in [-0.39, 0.29) is 6.04 Å². The highest BCUT2D eigenvalue weighted by Crippen LogP contribution is 2.29. The molecule has 0 spiro atoms. The molecule has 0 amide bonds. The Morgan fingerprint density at radius 3 is 2.17 bits per heavy atom. The molecule has 12 heavy (non-hydrogen) atoms. The molecule has 0 bridgehead atoms. The molecular weight excluding hydrogens is 176 g/mol. The summed E-state index contributed by atoms with van der Waals surface area (Å²) in [6, 6.07) is -0.0489. The minimum atomic E-state index is -3.09. The fourth-order valence-electron chi connectivity index (χ4n) is 1.68. The van der Waals surface area contributed by atoms with E-state index in [0.717, 1.165) is 6.42 Å². The van der Waals surface area contributed by atoms with Crippen LogP contribution in [0.1, 0.15) is 20.3 Å². The van der Waals surface area contributed by atoms with E-state index in [1.807, 2.05) is 13.8 Å². The van der Waals surface area contributed by atoms with Gasteiger partial charge in [0.2, 0.25) is 10.0 Å². The molecule has 0 aliphatic carbocycles. The van der Waals surface area contributed by atoms with Crippen molar-refractivity contribution in [1.29, 1.82) is 0 Å². The van der Waals surface area contributed by atoms with Gasteiger partial charge < -0.3 is 5.73 Å². The Morgan fingerprint density at radius 1 is 1.50 bits per heavy atom. The van der Waals surface area contributed by atoms with E-state index in [9.17, 15) is 8.42 Å². The molecule has 1 aliphatic rings. The lowest BCUT2D eigenvalue weighted by atomic mass is 9.98. The maximum atomic E-state index is 11.3. The van der Waals surface area contributed by atoms with Crippen molar-refractivity contribution in [3.63, 3.8) is 0 Å². The lowest BCUT2D eigenvalue weighted by Gasteiger charge is -2.32. The van der Waals surface area contributed by atoms with Crippen LogP contribution < -0.4 is 5.73 Å². The first kappa shape index (κ1) is 9.95. The van der Waals surface area contributed by atoms with Crippen LogP contribution in [-0.4, -0.2) is 37.1 Å². The van der Waals surface area contributed by atoms with Gasteiger partial charge in [-0.2, -0.15) is 4.31 Å². The highest BCUT2D eigenvalue weighted by atomic mass is 32.2. The first-order valence-electron chi connectivity index (χ1n) is 3.99. The van der Waals surface area contributed by atoms with Crippen molar-refractivity contribution < 1.29 is 8.42 Å². The van der Waals surface area contributed by atoms with E-state index < -0.39 is 15.6 Å². The zero-order chi connectivity index (χ0) is 9.57. The molecule has 1 unspecified atom stereocenters. The van der Waals surface area contributed by atoms with Gasteiger partial charge in [-0.1, -0.05) is 0 Å². The molecule has 1 heterocycles. The second kappa shape index (κ2) is 2.68. The highest BCUT2D eigenvalue weighted by molar-refractivity contribution is 7.88. The number of hydrogen-bond acceptors (Lipinski definition) is 3. The second-order valence-electron chi connectivity index (χ2n) is 3.88. The molecule has 72 valence electrons. The monoisotopic (exact) mass is 192 g/mol. The summed E-state index contributed by atoms with van der Waals surface area (Å²) in [4.78, 5) is 0. The summed E-state index contributed by atoms with van der Waals surface area (Å²) < 4.78 is 24.0. The van der Waals surface area contributed by atoms with Gasteiger partial charge in [-0.25, -0.2) is 8.42 Å². The number of nitrogens with zero attached hydrogens (tertiary/aromatic N) is 1. The fourth-order valence-corrected chi connectivity index (χ4v) is 3.10. The minimum Gasteiger partial charge on any atom is -0.326 e. The van der Waals surface area contributed by atoms with E-state index in [2.05, 4.69) is 0 Å². The van der Waals surface area contributed by atoms with Crippen molar-refractivity contribution >= 4 is 10.0 Å². The summed E-state index contributed by atoms with van der Waals surface area (Å²) in [6.07, 6.45) is 1.98. The molecular formula is C7H16N2O2S. The summed E-state index contributed by atoms with van der Waals surface area (Å²) >= 11 is 0. The summed E-state index contributed by atoms with van der Waals surface area (Å²) in [6.45, 7) is 4.28. The van der Waals surface area contributed by atoms with E-state index in [4.69, 9.17) is 5.73 Å². The van der Waals surface area contributed by atoms with Crippen molar-refractivity contribution in [1.82, 2.24) is 4.31 Å². The molecule has 1 fully saturated rings. The molecule has 0 aromatic heterocycles. The third-order valence-corrected chi connectivity index (χ3v) is 4.05. The molecule has 1 aliphatic heterocycles. The number of hydrogen-bond donors (Lipinski definition) is 1. The maximum Gasteiger partial charge on any atom is 0.211 e. The van der Waals surface area contributed by atoms with Gasteiger partial charge in [0.15, 0.2) is 0 Å². The van der Waals surface area contributed by atoms with Crippen molar-refractivity contribution in [2.75, 3.05) is 12.8 Å². The summed E-state index contributed by atoms with van der Waals surface area (Å²) in [5.41, 5.74) is 5.37. The Morgan fingerprint density at radius 2 is 2.00 bits per heavy atom. The molecule has 0 aromatic rings. The Balaban J connectivity index is 2.98. The Hall–Kier alpha value is -0.130. The van der Waals surface area contributed by atoms with Crippen LogP contribution in [0.2, 0.25) is 0 Å². The third kappa shape index (κ3) is 1.48. The van der Waals surface area contributed by atoms with Gasteiger partial charge >= 0.3 is 0 Å². The van der Waals surface area contributed by atoms with Gasteiger partial charge in [0, 0.05) is 18.1 Å². The lowest BCUT2D eigenvalue weighted by Crippen LogP contribution is -2.50. The first-order valence-corrected chi connectivity index (χ1v) is 5.84. The van der Waals surface area contributed by atoms with E-state index in [1.165, 1.54) is 10.6 Å². The predicted molar refractivity (Wildman–Crippen MR) is 48.2 cm³/mol. The molecule has 1 saturated heterocycles. The summed E-state index contributed by atoms with van der Waals surface area (Å²) in [7, 11) is -3.09. The Kier molecular flexibility index (Phi) is 2.22. The molecule has 1 rings (SSSR count). The smallest absolute Gasteiger partial charge is 0.211 e. The lowest BCUT2D eigenvalue weighted by molar-refractivity contribution is 0.272. The van der Waals surface area contributed by atoms with E-state index >= 15 is 0 Å². The third-order valence-electron chi connectivity index (χ3n) is 2.59. The predicted octanol–water partition coefficient (Wildman–Crippen LogP) is -0.242. The van der Waals surface area contributed by atoms with Crippen molar-refractivity contribution in [2.24, 2.45) is 5.73 Å². The molecule has 5 heteroatoms. The Bertz CT molecular complexity index is 271. The molecule has 0 aromatic carbocycles. The summed E-state index contributed by atoms with van der Waals surface area (Å²) in [5.74, 6) is 0. The number of sulfonamides is 1. The number of rotatable bonds is 1. The van der Waals surface area contributed by atoms with Gasteiger partial charge in [0.1, 0.15) is 0 Å². The van der Waals surface area contributed by atoms with Crippen molar-refractivity contribution in [3.05, 3.63) is 0 Å². The van der Waals surface area contributed by atoms with Gasteiger partial charge in [0.05, 0.1) is 6.26 Å². The first-order chi connectivity index (χ1) is 5.26. The van der Waals surface area contributed by atoms with Crippen LogP contribution in [0.4, 0.5) is 0 Å². The molecule has 4 nitrogen and oxygen atoms in total. The normalized spacial score (nSPS) is 30.8. The van der Waals surface area contributed by atoms with Gasteiger partial charge in [0.25, 0.3) is 0 Å². The van der Waals surface area contributed by atoms with Gasteiger partial charge in [-0.05, 0) is 20.3 Å². The van der Waals surface area contributed by atoms with Gasteiger partial charge in [-0.15, -0.1) is 0 Å². The Labute approximate surface area is 73.8 Å². The summed E-state index contributed by atoms with van der Waals surface area (Å²) in [5, 5.41) is 0. The topological polar surface area (TPSA) is 63.4 Å². The zero-order valence-corrected chi connectivity index (χ0v) is 8.56. The van der Waals surface area contributed by atoms with Crippen LogP contribution in [0.25, 0.3) is 0 Å². The van der Waals surface area contributed by atoms with Crippen LogP contribution in [0.3, 0.4) is 0 Å². The van der Waals surface area contributed by atoms with E-state index in [1.54, 1.807) is 0 Å². The fraction of sp³-hybridized carbons (Fsp3) is 1.00. The van der Waals surface area contributed by atoms with Crippen LogP contribution in [0, 0.1) is 0 Å². The standard InChI is InChI=1S/C7H16N2O2S/c1-7(2)6(8)4-5-9(7)12(3,10)11/h6H,4-5,8H2,1-3H3. The van der Waals surface area contributed by atoms with Crippen LogP contribution in [0.15, 0.2) is 0 Å². The molecule has 0 radical (unpaired) electrons.